The number of amides is 1. The van der Waals surface area contributed by atoms with E-state index in [-0.39, 0.29) is 5.91 Å². The van der Waals surface area contributed by atoms with Crippen LogP contribution in [0.4, 0.5) is 11.5 Å². The largest absolute Gasteiger partial charge is 0.481 e. The molecule has 6 nitrogen and oxygen atoms in total. The quantitative estimate of drug-likeness (QED) is 0.590. The van der Waals surface area contributed by atoms with E-state index in [4.69, 9.17) is 4.74 Å². The van der Waals surface area contributed by atoms with Crippen molar-refractivity contribution in [2.75, 3.05) is 23.3 Å². The molecule has 1 fully saturated rings. The maximum atomic E-state index is 12.5. The second-order valence-corrected chi connectivity index (χ2v) is 8.59. The molecule has 1 unspecified atom stereocenters. The van der Waals surface area contributed by atoms with Crippen LogP contribution < -0.4 is 15.0 Å². The summed E-state index contributed by atoms with van der Waals surface area (Å²) in [4.78, 5) is 14.8. The molecule has 0 spiro atoms. The van der Waals surface area contributed by atoms with Gasteiger partial charge in [0.05, 0.1) is 5.69 Å². The molecule has 32 heavy (non-hydrogen) atoms. The number of aryl methyl sites for hydroxylation is 1. The summed E-state index contributed by atoms with van der Waals surface area (Å²) in [6.07, 6.45) is 1.80. The smallest absolute Gasteiger partial charge is 0.265 e. The summed E-state index contributed by atoms with van der Waals surface area (Å²) in [6.45, 7) is 8.11. The standard InChI is InChI=1S/C26H30N4O2/c1-18-13-15-30(16-14-18)25-12-11-24(28-29-25)21-7-9-22(10-8-21)27-26(31)20(3)32-23-6-4-5-19(2)17-23/h4-12,17-18,20H,13-16H2,1-3H3,(H,27,31). The Balaban J connectivity index is 1.35. The number of piperidine rings is 1. The molecule has 2 aromatic carbocycles. The SMILES string of the molecule is Cc1cccc(OC(C)C(=O)Nc2ccc(-c3ccc(N4CCC(C)CC4)nn3)cc2)c1. The third-order valence-electron chi connectivity index (χ3n) is 5.88. The lowest BCUT2D eigenvalue weighted by molar-refractivity contribution is -0.122. The van der Waals surface area contributed by atoms with Gasteiger partial charge in [0.15, 0.2) is 11.9 Å². The number of anilines is 2. The number of nitrogens with zero attached hydrogens (tertiary/aromatic N) is 3. The molecule has 1 aliphatic heterocycles. The molecule has 1 N–H and O–H groups in total. The van der Waals surface area contributed by atoms with Gasteiger partial charge in [-0.15, -0.1) is 10.2 Å². The van der Waals surface area contributed by atoms with Gasteiger partial charge in [-0.2, -0.15) is 0 Å². The van der Waals surface area contributed by atoms with Gasteiger partial charge in [-0.1, -0.05) is 31.2 Å². The van der Waals surface area contributed by atoms with Crippen molar-refractivity contribution < 1.29 is 9.53 Å². The van der Waals surface area contributed by atoms with Crippen molar-refractivity contribution in [3.63, 3.8) is 0 Å². The minimum atomic E-state index is -0.604. The van der Waals surface area contributed by atoms with Crippen molar-refractivity contribution in [3.8, 4) is 17.0 Å². The van der Waals surface area contributed by atoms with Crippen LogP contribution in [0.1, 0.15) is 32.3 Å². The molecule has 1 atom stereocenters. The topological polar surface area (TPSA) is 67.3 Å². The fourth-order valence-electron chi connectivity index (χ4n) is 3.80. The summed E-state index contributed by atoms with van der Waals surface area (Å²) in [5.74, 6) is 2.21. The van der Waals surface area contributed by atoms with Crippen molar-refractivity contribution in [2.45, 2.75) is 39.7 Å². The maximum absolute atomic E-state index is 12.5. The fraction of sp³-hybridized carbons (Fsp3) is 0.346. The van der Waals surface area contributed by atoms with Crippen LogP contribution in [0.3, 0.4) is 0 Å². The fourth-order valence-corrected chi connectivity index (χ4v) is 3.80. The first-order chi connectivity index (χ1) is 15.5. The average molecular weight is 431 g/mol. The first kappa shape index (κ1) is 21.8. The van der Waals surface area contributed by atoms with E-state index in [0.717, 1.165) is 41.6 Å². The summed E-state index contributed by atoms with van der Waals surface area (Å²) in [5, 5.41) is 11.8. The van der Waals surface area contributed by atoms with Gasteiger partial charge in [0.25, 0.3) is 5.91 Å². The average Bonchev–Trinajstić information content (AvgIpc) is 2.80. The van der Waals surface area contributed by atoms with Crippen molar-refractivity contribution >= 4 is 17.4 Å². The van der Waals surface area contributed by atoms with Gasteiger partial charge < -0.3 is 15.0 Å². The molecule has 0 saturated carbocycles. The highest BCUT2D eigenvalue weighted by Gasteiger charge is 2.18. The van der Waals surface area contributed by atoms with Crippen LogP contribution in [0.15, 0.2) is 60.7 Å². The first-order valence-electron chi connectivity index (χ1n) is 11.2. The number of hydrogen-bond donors (Lipinski definition) is 1. The Kier molecular flexibility index (Phi) is 6.69. The highest BCUT2D eigenvalue weighted by Crippen LogP contribution is 2.24. The van der Waals surface area contributed by atoms with Gasteiger partial charge in [-0.05, 0) is 74.6 Å². The lowest BCUT2D eigenvalue weighted by Gasteiger charge is -2.30. The highest BCUT2D eigenvalue weighted by atomic mass is 16.5. The van der Waals surface area contributed by atoms with E-state index in [9.17, 15) is 4.79 Å². The number of carbonyl (C=O) groups excluding carboxylic acids is 1. The molecule has 0 aliphatic carbocycles. The van der Waals surface area contributed by atoms with Gasteiger partial charge in [0.1, 0.15) is 5.75 Å². The molecule has 1 aromatic heterocycles. The number of ether oxygens (including phenoxy) is 1. The molecule has 166 valence electrons. The highest BCUT2D eigenvalue weighted by molar-refractivity contribution is 5.94. The number of rotatable bonds is 6. The minimum Gasteiger partial charge on any atom is -0.481 e. The van der Waals surface area contributed by atoms with Crippen molar-refractivity contribution in [2.24, 2.45) is 5.92 Å². The minimum absolute atomic E-state index is 0.195. The predicted octanol–water partition coefficient (Wildman–Crippen LogP) is 5.09. The normalized spacial score (nSPS) is 15.3. The van der Waals surface area contributed by atoms with Crippen LogP contribution in [0, 0.1) is 12.8 Å². The summed E-state index contributed by atoms with van der Waals surface area (Å²) < 4.78 is 5.75. The second kappa shape index (κ2) is 9.81. The van der Waals surface area contributed by atoms with Gasteiger partial charge >= 0.3 is 0 Å². The van der Waals surface area contributed by atoms with Crippen LogP contribution in [0.2, 0.25) is 0 Å². The number of carbonyl (C=O) groups is 1. The maximum Gasteiger partial charge on any atom is 0.265 e. The number of nitrogens with one attached hydrogen (secondary N) is 1. The predicted molar refractivity (Wildman–Crippen MR) is 128 cm³/mol. The number of aromatic nitrogens is 2. The Hall–Kier alpha value is -3.41. The van der Waals surface area contributed by atoms with Crippen molar-refractivity contribution in [1.29, 1.82) is 0 Å². The third-order valence-corrected chi connectivity index (χ3v) is 5.88. The Bertz CT molecular complexity index is 1040. The Morgan fingerprint density at radius 2 is 1.81 bits per heavy atom. The third kappa shape index (κ3) is 5.44. The van der Waals surface area contributed by atoms with E-state index in [2.05, 4.69) is 27.3 Å². The second-order valence-electron chi connectivity index (χ2n) is 8.59. The van der Waals surface area contributed by atoms with E-state index in [1.165, 1.54) is 12.8 Å². The van der Waals surface area contributed by atoms with Crippen LogP contribution in [-0.2, 0) is 4.79 Å². The molecule has 0 bridgehead atoms. The molecular formula is C26H30N4O2. The van der Waals surface area contributed by atoms with Gasteiger partial charge in [-0.3, -0.25) is 4.79 Å². The van der Waals surface area contributed by atoms with Crippen molar-refractivity contribution in [1.82, 2.24) is 10.2 Å². The molecule has 2 heterocycles. The zero-order valence-corrected chi connectivity index (χ0v) is 18.9. The summed E-state index contributed by atoms with van der Waals surface area (Å²) >= 11 is 0. The van der Waals surface area contributed by atoms with Crippen LogP contribution in [0.25, 0.3) is 11.3 Å². The summed E-state index contributed by atoms with van der Waals surface area (Å²) in [7, 11) is 0. The lowest BCUT2D eigenvalue weighted by Crippen LogP contribution is -2.33. The molecule has 1 aliphatic rings. The first-order valence-corrected chi connectivity index (χ1v) is 11.2. The van der Waals surface area contributed by atoms with Gasteiger partial charge in [0.2, 0.25) is 0 Å². The van der Waals surface area contributed by atoms with E-state index in [1.807, 2.05) is 67.6 Å². The van der Waals surface area contributed by atoms with E-state index in [0.29, 0.717) is 11.4 Å². The van der Waals surface area contributed by atoms with Gasteiger partial charge in [0, 0.05) is 24.3 Å². The van der Waals surface area contributed by atoms with Gasteiger partial charge in [-0.25, -0.2) is 0 Å². The molecule has 0 radical (unpaired) electrons. The number of benzene rings is 2. The Labute approximate surface area is 189 Å². The van der Waals surface area contributed by atoms with Crippen LogP contribution >= 0.6 is 0 Å². The lowest BCUT2D eigenvalue weighted by atomic mass is 9.99. The van der Waals surface area contributed by atoms with E-state index in [1.54, 1.807) is 6.92 Å². The van der Waals surface area contributed by atoms with Crippen LogP contribution in [0.5, 0.6) is 5.75 Å². The zero-order valence-electron chi connectivity index (χ0n) is 18.9. The molecule has 1 saturated heterocycles. The monoisotopic (exact) mass is 430 g/mol. The van der Waals surface area contributed by atoms with Crippen molar-refractivity contribution in [3.05, 3.63) is 66.2 Å². The van der Waals surface area contributed by atoms with Crippen LogP contribution in [-0.4, -0.2) is 35.3 Å². The molecule has 6 heteroatoms. The zero-order chi connectivity index (χ0) is 22.5. The van der Waals surface area contributed by atoms with E-state index < -0.39 is 6.10 Å². The Morgan fingerprint density at radius 1 is 1.06 bits per heavy atom. The molecular weight excluding hydrogens is 400 g/mol. The Morgan fingerprint density at radius 3 is 2.47 bits per heavy atom. The molecule has 1 amide bonds. The summed E-state index contributed by atoms with van der Waals surface area (Å²) in [5.41, 5.74) is 3.57. The molecule has 4 rings (SSSR count). The number of hydrogen-bond acceptors (Lipinski definition) is 5. The molecule has 3 aromatic rings. The summed E-state index contributed by atoms with van der Waals surface area (Å²) in [6, 6.07) is 19.3. The van der Waals surface area contributed by atoms with E-state index >= 15 is 0 Å².